The number of carbonyl (C=O) groups is 1. The van der Waals surface area contributed by atoms with E-state index in [0.29, 0.717) is 12.3 Å². The van der Waals surface area contributed by atoms with Gasteiger partial charge in [-0.3, -0.25) is 4.79 Å². The van der Waals surface area contributed by atoms with Crippen LogP contribution in [0.3, 0.4) is 0 Å². The Bertz CT molecular complexity index is 253. The summed E-state index contributed by atoms with van der Waals surface area (Å²) < 4.78 is 0. The first kappa shape index (κ1) is 11.9. The number of carboxylic acid groups (broad SMARTS) is 1. The largest absolute Gasteiger partial charge is 0.481 e. The zero-order chi connectivity index (χ0) is 11.1. The third kappa shape index (κ3) is 4.21. The molecular weight excluding hydrogens is 194 g/mol. The van der Waals surface area contributed by atoms with Crippen molar-refractivity contribution in [1.82, 2.24) is 0 Å². The zero-order valence-electron chi connectivity index (χ0n) is 8.80. The van der Waals surface area contributed by atoms with Gasteiger partial charge in [0.2, 0.25) is 0 Å². The van der Waals surface area contributed by atoms with Crippen molar-refractivity contribution >= 4 is 5.97 Å². The molecule has 0 amide bonds. The van der Waals surface area contributed by atoms with Gasteiger partial charge in [0.15, 0.2) is 0 Å². The Morgan fingerprint density at radius 2 is 2.13 bits per heavy atom. The molecule has 0 bridgehead atoms. The summed E-state index contributed by atoms with van der Waals surface area (Å²) in [4.78, 5) is 13.3. The summed E-state index contributed by atoms with van der Waals surface area (Å²) in [6, 6.07) is -0.878. The lowest BCUT2D eigenvalue weighted by molar-refractivity contribution is -0.138. The first-order chi connectivity index (χ1) is 7.24. The van der Waals surface area contributed by atoms with Crippen LogP contribution in [-0.2, 0) is 4.79 Å². The third-order valence-electron chi connectivity index (χ3n) is 3.05. The topological polar surface area (TPSA) is 86.1 Å². The van der Waals surface area contributed by atoms with Crippen molar-refractivity contribution < 1.29 is 9.90 Å². The van der Waals surface area contributed by atoms with Crippen molar-refractivity contribution in [3.8, 4) is 0 Å². The predicted octanol–water partition coefficient (Wildman–Crippen LogP) is 3.11. The van der Waals surface area contributed by atoms with Gasteiger partial charge in [0, 0.05) is 4.91 Å². The maximum absolute atomic E-state index is 10.7. The molecule has 1 atom stereocenters. The van der Waals surface area contributed by atoms with Crippen LogP contribution in [-0.4, -0.2) is 17.1 Å². The second-order valence-corrected chi connectivity index (χ2v) is 4.14. The van der Waals surface area contributed by atoms with E-state index in [-0.39, 0.29) is 0 Å². The molecule has 1 fully saturated rings. The molecule has 1 saturated carbocycles. The van der Waals surface area contributed by atoms with Crippen LogP contribution in [0, 0.1) is 5.92 Å². The Kier molecular flexibility index (Phi) is 4.98. The first-order valence-corrected chi connectivity index (χ1v) is 5.51. The maximum Gasteiger partial charge on any atom is 0.312 e. The Labute approximate surface area is 89.1 Å². The lowest BCUT2D eigenvalue weighted by atomic mass is 9.85. The van der Waals surface area contributed by atoms with Gasteiger partial charge in [0.1, 0.15) is 6.04 Å². The minimum atomic E-state index is -1.01. The third-order valence-corrected chi connectivity index (χ3v) is 3.05. The fourth-order valence-electron chi connectivity index (χ4n) is 2.16. The van der Waals surface area contributed by atoms with Crippen LogP contribution in [0.5, 0.6) is 0 Å². The van der Waals surface area contributed by atoms with Gasteiger partial charge < -0.3 is 5.11 Å². The molecule has 5 nitrogen and oxygen atoms in total. The quantitative estimate of drug-likeness (QED) is 0.430. The van der Waals surface area contributed by atoms with Gasteiger partial charge in [0.05, 0.1) is 0 Å². The highest BCUT2D eigenvalue weighted by Gasteiger charge is 2.19. The molecule has 0 aliphatic heterocycles. The van der Waals surface area contributed by atoms with E-state index in [4.69, 9.17) is 10.6 Å². The van der Waals surface area contributed by atoms with Gasteiger partial charge in [-0.05, 0) is 24.3 Å². The SMILES string of the molecule is [N-]=[N+]=N[C@H](CCC1CCCCC1)C(=O)O. The molecule has 5 heteroatoms. The molecule has 0 aromatic heterocycles. The van der Waals surface area contributed by atoms with Crippen molar-refractivity contribution in [2.75, 3.05) is 0 Å². The number of carboxylic acids is 1. The highest BCUT2D eigenvalue weighted by atomic mass is 16.4. The fourth-order valence-corrected chi connectivity index (χ4v) is 2.16. The molecule has 1 rings (SSSR count). The summed E-state index contributed by atoms with van der Waals surface area (Å²) in [7, 11) is 0. The highest BCUT2D eigenvalue weighted by Crippen LogP contribution is 2.28. The minimum absolute atomic E-state index is 0.476. The highest BCUT2D eigenvalue weighted by molar-refractivity contribution is 5.73. The van der Waals surface area contributed by atoms with Crippen molar-refractivity contribution in [2.45, 2.75) is 51.0 Å². The summed E-state index contributed by atoms with van der Waals surface area (Å²) in [5, 5.41) is 12.1. The summed E-state index contributed by atoms with van der Waals surface area (Å²) >= 11 is 0. The fraction of sp³-hybridized carbons (Fsp3) is 0.900. The van der Waals surface area contributed by atoms with Crippen LogP contribution < -0.4 is 0 Å². The molecule has 1 aliphatic rings. The molecule has 1 aliphatic carbocycles. The monoisotopic (exact) mass is 211 g/mol. The van der Waals surface area contributed by atoms with Crippen LogP contribution >= 0.6 is 0 Å². The molecule has 84 valence electrons. The lowest BCUT2D eigenvalue weighted by Gasteiger charge is -2.21. The second-order valence-electron chi connectivity index (χ2n) is 4.14. The molecule has 1 N–H and O–H groups in total. The molecule has 0 radical (unpaired) electrons. The van der Waals surface area contributed by atoms with Gasteiger partial charge in [-0.1, -0.05) is 37.2 Å². The Hall–Kier alpha value is -1.22. The zero-order valence-corrected chi connectivity index (χ0v) is 8.80. The Morgan fingerprint density at radius 1 is 1.47 bits per heavy atom. The molecule has 0 aromatic rings. The van der Waals surface area contributed by atoms with Crippen molar-refractivity contribution in [1.29, 1.82) is 0 Å². The van der Waals surface area contributed by atoms with E-state index in [1.54, 1.807) is 0 Å². The van der Waals surface area contributed by atoms with Crippen LogP contribution in [0.2, 0.25) is 0 Å². The van der Waals surface area contributed by atoms with Crippen LogP contribution in [0.15, 0.2) is 5.11 Å². The molecule has 15 heavy (non-hydrogen) atoms. The van der Waals surface area contributed by atoms with E-state index in [9.17, 15) is 4.79 Å². The van der Waals surface area contributed by atoms with Crippen molar-refractivity contribution in [3.63, 3.8) is 0 Å². The molecule has 0 spiro atoms. The van der Waals surface area contributed by atoms with Gasteiger partial charge in [0.25, 0.3) is 0 Å². The van der Waals surface area contributed by atoms with Gasteiger partial charge >= 0.3 is 5.97 Å². The Balaban J connectivity index is 2.32. The second kappa shape index (κ2) is 6.30. The maximum atomic E-state index is 10.7. The molecule has 0 unspecified atom stereocenters. The van der Waals surface area contributed by atoms with Gasteiger partial charge in [-0.2, -0.15) is 0 Å². The molecule has 0 saturated heterocycles. The first-order valence-electron chi connectivity index (χ1n) is 5.51. The van der Waals surface area contributed by atoms with Crippen LogP contribution in [0.4, 0.5) is 0 Å². The Morgan fingerprint density at radius 3 is 2.67 bits per heavy atom. The molecule has 0 aromatic carbocycles. The summed E-state index contributed by atoms with van der Waals surface area (Å²) in [5.41, 5.74) is 8.22. The van der Waals surface area contributed by atoms with E-state index in [1.807, 2.05) is 0 Å². The number of hydrogen-bond donors (Lipinski definition) is 1. The lowest BCUT2D eigenvalue weighted by Crippen LogP contribution is -2.19. The van der Waals surface area contributed by atoms with E-state index >= 15 is 0 Å². The number of hydrogen-bond acceptors (Lipinski definition) is 2. The van der Waals surface area contributed by atoms with E-state index in [0.717, 1.165) is 6.42 Å². The normalized spacial score (nSPS) is 19.2. The van der Waals surface area contributed by atoms with E-state index in [1.165, 1.54) is 32.1 Å². The number of rotatable bonds is 5. The van der Waals surface area contributed by atoms with Gasteiger partial charge in [-0.25, -0.2) is 0 Å². The minimum Gasteiger partial charge on any atom is -0.481 e. The molecular formula is C10H17N3O2. The summed E-state index contributed by atoms with van der Waals surface area (Å²) in [6.07, 6.45) is 7.55. The number of nitrogens with zero attached hydrogens (tertiary/aromatic N) is 3. The average molecular weight is 211 g/mol. The average Bonchev–Trinajstić information content (AvgIpc) is 2.25. The van der Waals surface area contributed by atoms with E-state index in [2.05, 4.69) is 10.0 Å². The van der Waals surface area contributed by atoms with Crippen LogP contribution in [0.1, 0.15) is 44.9 Å². The van der Waals surface area contributed by atoms with E-state index < -0.39 is 12.0 Å². The smallest absolute Gasteiger partial charge is 0.312 e. The predicted molar refractivity (Wildman–Crippen MR) is 56.4 cm³/mol. The van der Waals surface area contributed by atoms with Crippen molar-refractivity contribution in [3.05, 3.63) is 10.4 Å². The number of azide groups is 1. The summed E-state index contributed by atoms with van der Waals surface area (Å²) in [6.45, 7) is 0. The molecule has 0 heterocycles. The van der Waals surface area contributed by atoms with Crippen LogP contribution in [0.25, 0.3) is 10.4 Å². The number of aliphatic carboxylic acids is 1. The standard InChI is InChI=1S/C10H17N3O2/c11-13-12-9(10(14)15)7-6-8-4-2-1-3-5-8/h8-9H,1-7H2,(H,14,15)/t9-/m1/s1. The van der Waals surface area contributed by atoms with Crippen molar-refractivity contribution in [2.24, 2.45) is 11.0 Å². The summed E-state index contributed by atoms with van der Waals surface area (Å²) in [5.74, 6) is -0.377. The van der Waals surface area contributed by atoms with Gasteiger partial charge in [-0.15, -0.1) is 0 Å².